The van der Waals surface area contributed by atoms with Crippen molar-refractivity contribution in [2.45, 2.75) is 31.8 Å². The molecule has 0 amide bonds. The van der Waals surface area contributed by atoms with Crippen LogP contribution in [0.25, 0.3) is 0 Å². The van der Waals surface area contributed by atoms with Crippen molar-refractivity contribution in [3.8, 4) is 0 Å². The third-order valence-corrected chi connectivity index (χ3v) is 2.34. The predicted octanol–water partition coefficient (Wildman–Crippen LogP) is 0.420. The molecule has 0 bridgehead atoms. The summed E-state index contributed by atoms with van der Waals surface area (Å²) in [4.78, 5) is 0. The first kappa shape index (κ1) is 7.73. The number of rotatable bonds is 3. The van der Waals surface area contributed by atoms with Crippen molar-refractivity contribution in [3.05, 3.63) is 12.4 Å². The Balaban J connectivity index is 1.74. The lowest BCUT2D eigenvalue weighted by molar-refractivity contribution is 0.473. The fourth-order valence-corrected chi connectivity index (χ4v) is 1.64. The average molecular weight is 166 g/mol. The Morgan fingerprint density at radius 3 is 3.25 bits per heavy atom. The fraction of sp³-hybridized carbons (Fsp3) is 0.750. The molecule has 0 radical (unpaired) electrons. The average Bonchev–Trinajstić information content (AvgIpc) is 2.74. The van der Waals surface area contributed by atoms with Gasteiger partial charge in [0.05, 0.1) is 6.20 Å². The van der Waals surface area contributed by atoms with Crippen LogP contribution in [0.1, 0.15) is 19.3 Å². The monoisotopic (exact) mass is 166 g/mol. The third-order valence-electron chi connectivity index (χ3n) is 2.34. The summed E-state index contributed by atoms with van der Waals surface area (Å²) in [7, 11) is 0. The lowest BCUT2D eigenvalue weighted by atomic mass is 10.2. The van der Waals surface area contributed by atoms with Crippen LogP contribution < -0.4 is 5.32 Å². The highest BCUT2D eigenvalue weighted by molar-refractivity contribution is 4.74. The van der Waals surface area contributed by atoms with Crippen molar-refractivity contribution in [1.29, 1.82) is 0 Å². The van der Waals surface area contributed by atoms with Gasteiger partial charge in [-0.15, -0.1) is 5.10 Å². The van der Waals surface area contributed by atoms with Gasteiger partial charge < -0.3 is 5.32 Å². The molecule has 1 fully saturated rings. The zero-order valence-electron chi connectivity index (χ0n) is 7.11. The topological polar surface area (TPSA) is 42.7 Å². The second kappa shape index (κ2) is 3.67. The highest BCUT2D eigenvalue weighted by atomic mass is 15.4. The molecule has 1 aliphatic heterocycles. The number of hydrogen-bond donors (Lipinski definition) is 1. The zero-order chi connectivity index (χ0) is 8.23. The van der Waals surface area contributed by atoms with Gasteiger partial charge in [-0.25, -0.2) is 0 Å². The van der Waals surface area contributed by atoms with E-state index in [4.69, 9.17) is 0 Å². The first-order valence-corrected chi connectivity index (χ1v) is 4.52. The molecular weight excluding hydrogens is 152 g/mol. The molecule has 1 saturated heterocycles. The maximum Gasteiger partial charge on any atom is 0.0692 e. The Morgan fingerprint density at radius 1 is 1.58 bits per heavy atom. The minimum atomic E-state index is 0.703. The molecule has 1 aromatic rings. The van der Waals surface area contributed by atoms with E-state index < -0.39 is 0 Å². The minimum Gasteiger partial charge on any atom is -0.314 e. The predicted molar refractivity (Wildman–Crippen MR) is 45.7 cm³/mol. The van der Waals surface area contributed by atoms with Crippen LogP contribution in [0.15, 0.2) is 12.4 Å². The zero-order valence-corrected chi connectivity index (χ0v) is 7.11. The Kier molecular flexibility index (Phi) is 2.36. The molecule has 2 heterocycles. The summed E-state index contributed by atoms with van der Waals surface area (Å²) in [6.07, 6.45) is 7.44. The number of nitrogens with zero attached hydrogens (tertiary/aromatic N) is 3. The van der Waals surface area contributed by atoms with Crippen molar-refractivity contribution < 1.29 is 0 Å². The number of aryl methyl sites for hydroxylation is 1. The van der Waals surface area contributed by atoms with E-state index in [2.05, 4.69) is 15.6 Å². The molecule has 4 heteroatoms. The molecular formula is C8H14N4. The summed E-state index contributed by atoms with van der Waals surface area (Å²) in [6, 6.07) is 0.703. The third kappa shape index (κ3) is 1.82. The van der Waals surface area contributed by atoms with E-state index in [0.29, 0.717) is 6.04 Å². The lowest BCUT2D eigenvalue weighted by Crippen LogP contribution is -2.23. The van der Waals surface area contributed by atoms with Gasteiger partial charge in [-0.3, -0.25) is 4.68 Å². The summed E-state index contributed by atoms with van der Waals surface area (Å²) >= 11 is 0. The van der Waals surface area contributed by atoms with Gasteiger partial charge in [0.25, 0.3) is 0 Å². The van der Waals surface area contributed by atoms with E-state index >= 15 is 0 Å². The van der Waals surface area contributed by atoms with E-state index in [-0.39, 0.29) is 0 Å². The minimum absolute atomic E-state index is 0.703. The van der Waals surface area contributed by atoms with E-state index in [1.54, 1.807) is 6.20 Å². The van der Waals surface area contributed by atoms with Gasteiger partial charge in [0, 0.05) is 18.8 Å². The summed E-state index contributed by atoms with van der Waals surface area (Å²) in [5.41, 5.74) is 0. The second-order valence-electron chi connectivity index (χ2n) is 3.25. The number of nitrogens with one attached hydrogen (secondary N) is 1. The molecule has 66 valence electrons. The van der Waals surface area contributed by atoms with Crippen LogP contribution in [0.2, 0.25) is 0 Å². The number of hydrogen-bond acceptors (Lipinski definition) is 3. The molecule has 1 aromatic heterocycles. The van der Waals surface area contributed by atoms with Crippen LogP contribution in [0.4, 0.5) is 0 Å². The van der Waals surface area contributed by atoms with Crippen LogP contribution in [0.5, 0.6) is 0 Å². The lowest BCUT2D eigenvalue weighted by Gasteiger charge is -2.08. The molecule has 1 unspecified atom stereocenters. The smallest absolute Gasteiger partial charge is 0.0692 e. The van der Waals surface area contributed by atoms with Crippen molar-refractivity contribution in [2.75, 3.05) is 6.54 Å². The van der Waals surface area contributed by atoms with Gasteiger partial charge in [0.2, 0.25) is 0 Å². The van der Waals surface area contributed by atoms with E-state index in [1.807, 2.05) is 10.9 Å². The Labute approximate surface area is 72.0 Å². The van der Waals surface area contributed by atoms with Crippen molar-refractivity contribution in [1.82, 2.24) is 20.3 Å². The van der Waals surface area contributed by atoms with Crippen LogP contribution in [0.3, 0.4) is 0 Å². The molecule has 4 nitrogen and oxygen atoms in total. The van der Waals surface area contributed by atoms with Crippen LogP contribution >= 0.6 is 0 Å². The molecule has 0 aliphatic carbocycles. The summed E-state index contributed by atoms with van der Waals surface area (Å²) in [5, 5.41) is 11.1. The quantitative estimate of drug-likeness (QED) is 0.707. The van der Waals surface area contributed by atoms with Gasteiger partial charge >= 0.3 is 0 Å². The first-order chi connectivity index (χ1) is 5.95. The Hall–Kier alpha value is -0.900. The van der Waals surface area contributed by atoms with Crippen LogP contribution in [-0.4, -0.2) is 27.6 Å². The highest BCUT2D eigenvalue weighted by Gasteiger charge is 2.13. The second-order valence-corrected chi connectivity index (χ2v) is 3.25. The van der Waals surface area contributed by atoms with Gasteiger partial charge in [-0.2, -0.15) is 0 Å². The molecule has 0 aromatic carbocycles. The molecule has 1 atom stereocenters. The Bertz CT molecular complexity index is 213. The summed E-state index contributed by atoms with van der Waals surface area (Å²) in [5.74, 6) is 0. The highest BCUT2D eigenvalue weighted by Crippen LogP contribution is 2.08. The molecule has 12 heavy (non-hydrogen) atoms. The molecule has 1 N–H and O–H groups in total. The van der Waals surface area contributed by atoms with Crippen LogP contribution in [0, 0.1) is 0 Å². The van der Waals surface area contributed by atoms with Crippen molar-refractivity contribution in [2.24, 2.45) is 0 Å². The maximum atomic E-state index is 3.92. The first-order valence-electron chi connectivity index (χ1n) is 4.52. The summed E-state index contributed by atoms with van der Waals surface area (Å²) in [6.45, 7) is 2.17. The Morgan fingerprint density at radius 2 is 2.58 bits per heavy atom. The molecule has 2 rings (SSSR count). The molecule has 0 spiro atoms. The van der Waals surface area contributed by atoms with Crippen molar-refractivity contribution in [3.63, 3.8) is 0 Å². The fourth-order valence-electron chi connectivity index (χ4n) is 1.64. The SMILES string of the molecule is c1cn(CCC2CCCN2)nn1. The maximum absolute atomic E-state index is 3.92. The van der Waals surface area contributed by atoms with E-state index in [0.717, 1.165) is 6.54 Å². The van der Waals surface area contributed by atoms with Gasteiger partial charge in [-0.05, 0) is 25.8 Å². The van der Waals surface area contributed by atoms with Gasteiger partial charge in [0.15, 0.2) is 0 Å². The number of aromatic nitrogens is 3. The normalized spacial score (nSPS) is 23.2. The van der Waals surface area contributed by atoms with Gasteiger partial charge in [-0.1, -0.05) is 5.21 Å². The van der Waals surface area contributed by atoms with Crippen LogP contribution in [-0.2, 0) is 6.54 Å². The molecule has 1 aliphatic rings. The standard InChI is InChI=1S/C8H14N4/c1-2-8(9-4-1)3-6-12-7-5-10-11-12/h5,7-9H,1-4,6H2. The van der Waals surface area contributed by atoms with E-state index in [1.165, 1.54) is 25.8 Å². The van der Waals surface area contributed by atoms with Gasteiger partial charge in [0.1, 0.15) is 0 Å². The molecule has 0 saturated carbocycles. The van der Waals surface area contributed by atoms with E-state index in [9.17, 15) is 0 Å². The largest absolute Gasteiger partial charge is 0.314 e. The summed E-state index contributed by atoms with van der Waals surface area (Å²) < 4.78 is 1.89. The van der Waals surface area contributed by atoms with Crippen molar-refractivity contribution >= 4 is 0 Å².